The highest BCUT2D eigenvalue weighted by Gasteiger charge is 2.25. The lowest BCUT2D eigenvalue weighted by Gasteiger charge is -2.15. The molecule has 0 aliphatic heterocycles. The minimum absolute atomic E-state index is 0.194. The maximum Gasteiger partial charge on any atom is 0.319 e. The number of ether oxygens (including phenoxy) is 1. The van der Waals surface area contributed by atoms with Crippen LogP contribution >= 0.6 is 23.1 Å². The molecule has 1 unspecified atom stereocenters. The van der Waals surface area contributed by atoms with E-state index in [2.05, 4.69) is 36.2 Å². The molecule has 2 heterocycles. The number of benzene rings is 1. The summed E-state index contributed by atoms with van der Waals surface area (Å²) < 4.78 is 7.29. The standard InChI is InChI=1S/C20H23N3O2S2/c1-4-8-17(19(24)25-5-2)27-20-22-21-18(16-11-7-12-26-16)23(20)15-10-6-9-14(3)13-15/h6-7,9-13,17H,4-5,8H2,1-3H3. The number of aromatic nitrogens is 3. The molecule has 3 rings (SSSR count). The Morgan fingerprint density at radius 3 is 2.78 bits per heavy atom. The van der Waals surface area contributed by atoms with Gasteiger partial charge in [-0.05, 0) is 49.4 Å². The molecule has 0 saturated carbocycles. The molecule has 1 atom stereocenters. The van der Waals surface area contributed by atoms with Crippen molar-refractivity contribution in [3.05, 3.63) is 47.3 Å². The third-order valence-corrected chi connectivity index (χ3v) is 6.04. The highest BCUT2D eigenvalue weighted by molar-refractivity contribution is 8.00. The first-order chi connectivity index (χ1) is 13.1. The highest BCUT2D eigenvalue weighted by Crippen LogP contribution is 2.33. The second kappa shape index (κ2) is 9.19. The first kappa shape index (κ1) is 19.6. The molecule has 0 bridgehead atoms. The van der Waals surface area contributed by atoms with Gasteiger partial charge < -0.3 is 4.74 Å². The molecule has 142 valence electrons. The van der Waals surface area contributed by atoms with Gasteiger partial charge in [0.25, 0.3) is 0 Å². The third kappa shape index (κ3) is 4.59. The molecule has 0 N–H and O–H groups in total. The van der Waals surface area contributed by atoms with E-state index in [1.54, 1.807) is 11.3 Å². The fourth-order valence-electron chi connectivity index (χ4n) is 2.76. The van der Waals surface area contributed by atoms with Crippen LogP contribution in [0, 0.1) is 6.92 Å². The monoisotopic (exact) mass is 401 g/mol. The van der Waals surface area contributed by atoms with Crippen LogP contribution in [0.4, 0.5) is 0 Å². The van der Waals surface area contributed by atoms with Crippen LogP contribution in [-0.4, -0.2) is 32.6 Å². The Morgan fingerprint density at radius 2 is 2.11 bits per heavy atom. The molecule has 3 aromatic rings. The Balaban J connectivity index is 2.03. The molecular weight excluding hydrogens is 378 g/mol. The Hall–Kier alpha value is -2.12. The molecule has 27 heavy (non-hydrogen) atoms. The number of rotatable bonds is 8. The summed E-state index contributed by atoms with van der Waals surface area (Å²) in [6.45, 7) is 6.33. The number of esters is 1. The molecule has 0 spiro atoms. The zero-order valence-electron chi connectivity index (χ0n) is 15.7. The molecule has 0 saturated heterocycles. The number of hydrogen-bond donors (Lipinski definition) is 0. The quantitative estimate of drug-likeness (QED) is 0.387. The summed E-state index contributed by atoms with van der Waals surface area (Å²) in [5, 5.41) is 11.3. The van der Waals surface area contributed by atoms with E-state index in [0.717, 1.165) is 34.8 Å². The van der Waals surface area contributed by atoms with E-state index in [1.165, 1.54) is 11.8 Å². The van der Waals surface area contributed by atoms with Gasteiger partial charge >= 0.3 is 5.97 Å². The minimum Gasteiger partial charge on any atom is -0.465 e. The average molecular weight is 402 g/mol. The van der Waals surface area contributed by atoms with Gasteiger partial charge in [-0.25, -0.2) is 0 Å². The lowest BCUT2D eigenvalue weighted by atomic mass is 10.2. The van der Waals surface area contributed by atoms with E-state index < -0.39 is 0 Å². The van der Waals surface area contributed by atoms with Crippen molar-refractivity contribution in [1.29, 1.82) is 0 Å². The van der Waals surface area contributed by atoms with E-state index in [-0.39, 0.29) is 11.2 Å². The first-order valence-electron chi connectivity index (χ1n) is 9.03. The van der Waals surface area contributed by atoms with Crippen molar-refractivity contribution in [3.8, 4) is 16.4 Å². The predicted molar refractivity (Wildman–Crippen MR) is 111 cm³/mol. The molecule has 5 nitrogen and oxygen atoms in total. The van der Waals surface area contributed by atoms with Crippen molar-refractivity contribution < 1.29 is 9.53 Å². The van der Waals surface area contributed by atoms with E-state index in [1.807, 2.05) is 41.1 Å². The van der Waals surface area contributed by atoms with Crippen LogP contribution in [0.5, 0.6) is 0 Å². The number of aryl methyl sites for hydroxylation is 1. The Labute approximate surface area is 167 Å². The zero-order chi connectivity index (χ0) is 19.2. The maximum atomic E-state index is 12.4. The summed E-state index contributed by atoms with van der Waals surface area (Å²) >= 11 is 3.05. The molecule has 0 fully saturated rings. The molecular formula is C20H23N3O2S2. The second-order valence-electron chi connectivity index (χ2n) is 6.11. The van der Waals surface area contributed by atoms with Crippen molar-refractivity contribution in [2.75, 3.05) is 6.61 Å². The van der Waals surface area contributed by atoms with Gasteiger partial charge in [0.2, 0.25) is 0 Å². The van der Waals surface area contributed by atoms with Gasteiger partial charge in [0.05, 0.1) is 17.2 Å². The number of thiophene rings is 1. The van der Waals surface area contributed by atoms with Crippen LogP contribution in [-0.2, 0) is 9.53 Å². The van der Waals surface area contributed by atoms with Gasteiger partial charge in [-0.3, -0.25) is 9.36 Å². The average Bonchev–Trinajstić information content (AvgIpc) is 3.31. The number of carbonyl (C=O) groups excluding carboxylic acids is 1. The van der Waals surface area contributed by atoms with Crippen LogP contribution in [0.3, 0.4) is 0 Å². The van der Waals surface area contributed by atoms with E-state index in [0.29, 0.717) is 11.8 Å². The van der Waals surface area contributed by atoms with Crippen molar-refractivity contribution in [2.45, 2.75) is 44.0 Å². The SMILES string of the molecule is CCCC(Sc1nnc(-c2cccs2)n1-c1cccc(C)c1)C(=O)OCC. The van der Waals surface area contributed by atoms with E-state index in [4.69, 9.17) is 4.74 Å². The smallest absolute Gasteiger partial charge is 0.319 e. The van der Waals surface area contributed by atoms with Gasteiger partial charge in [0.1, 0.15) is 5.25 Å². The predicted octanol–water partition coefficient (Wildman–Crippen LogP) is 5.13. The van der Waals surface area contributed by atoms with Gasteiger partial charge in [-0.1, -0.05) is 43.3 Å². The second-order valence-corrected chi connectivity index (χ2v) is 8.22. The normalized spacial score (nSPS) is 12.1. The maximum absolute atomic E-state index is 12.4. The Morgan fingerprint density at radius 1 is 1.26 bits per heavy atom. The highest BCUT2D eigenvalue weighted by atomic mass is 32.2. The summed E-state index contributed by atoms with van der Waals surface area (Å²) in [5.41, 5.74) is 2.15. The summed E-state index contributed by atoms with van der Waals surface area (Å²) in [6, 6.07) is 12.3. The van der Waals surface area contributed by atoms with Crippen molar-refractivity contribution >= 4 is 29.1 Å². The molecule has 0 amide bonds. The number of nitrogens with zero attached hydrogens (tertiary/aromatic N) is 3. The van der Waals surface area contributed by atoms with Crippen LogP contribution in [0.15, 0.2) is 46.9 Å². The molecule has 0 aliphatic carbocycles. The Kier molecular flexibility index (Phi) is 6.68. The fourth-order valence-corrected chi connectivity index (χ4v) is 4.62. The van der Waals surface area contributed by atoms with Crippen LogP contribution in [0.2, 0.25) is 0 Å². The number of hydrogen-bond acceptors (Lipinski definition) is 6. The number of carbonyl (C=O) groups is 1. The van der Waals surface area contributed by atoms with Gasteiger partial charge in [0.15, 0.2) is 11.0 Å². The summed E-state index contributed by atoms with van der Waals surface area (Å²) in [7, 11) is 0. The van der Waals surface area contributed by atoms with Crippen LogP contribution < -0.4 is 0 Å². The Bertz CT molecular complexity index is 891. The van der Waals surface area contributed by atoms with Crippen molar-refractivity contribution in [2.24, 2.45) is 0 Å². The van der Waals surface area contributed by atoms with E-state index >= 15 is 0 Å². The summed E-state index contributed by atoms with van der Waals surface area (Å²) in [4.78, 5) is 13.4. The van der Waals surface area contributed by atoms with Gasteiger partial charge in [-0.2, -0.15) is 0 Å². The zero-order valence-corrected chi connectivity index (χ0v) is 17.3. The summed E-state index contributed by atoms with van der Waals surface area (Å²) in [6.07, 6.45) is 1.63. The van der Waals surface area contributed by atoms with Crippen LogP contribution in [0.1, 0.15) is 32.3 Å². The topological polar surface area (TPSA) is 57.0 Å². The molecule has 0 radical (unpaired) electrons. The first-order valence-corrected chi connectivity index (χ1v) is 10.8. The molecule has 0 aliphatic rings. The molecule has 1 aromatic carbocycles. The van der Waals surface area contributed by atoms with Gasteiger partial charge in [0, 0.05) is 0 Å². The van der Waals surface area contributed by atoms with Crippen molar-refractivity contribution in [1.82, 2.24) is 14.8 Å². The minimum atomic E-state index is -0.293. The largest absolute Gasteiger partial charge is 0.465 e. The molecule has 7 heteroatoms. The third-order valence-electron chi connectivity index (χ3n) is 3.98. The molecule has 2 aromatic heterocycles. The van der Waals surface area contributed by atoms with Crippen LogP contribution in [0.25, 0.3) is 16.4 Å². The lowest BCUT2D eigenvalue weighted by molar-refractivity contribution is -0.142. The summed E-state index contributed by atoms with van der Waals surface area (Å²) in [5.74, 6) is 0.595. The fraction of sp³-hybridized carbons (Fsp3) is 0.350. The van der Waals surface area contributed by atoms with Crippen molar-refractivity contribution in [3.63, 3.8) is 0 Å². The van der Waals surface area contributed by atoms with E-state index in [9.17, 15) is 4.79 Å². The number of thioether (sulfide) groups is 1. The lowest BCUT2D eigenvalue weighted by Crippen LogP contribution is -2.20. The van der Waals surface area contributed by atoms with Gasteiger partial charge in [-0.15, -0.1) is 21.5 Å².